The van der Waals surface area contributed by atoms with Gasteiger partial charge in [0, 0.05) is 29.5 Å². The molecule has 1 N–H and O–H groups in total. The maximum absolute atomic E-state index is 10.8. The smallest absolute Gasteiger partial charge is 0.303 e. The summed E-state index contributed by atoms with van der Waals surface area (Å²) in [5.74, 6) is 0.449. The number of aliphatic carboxylic acids is 1. The number of hydrogen-bond acceptors (Lipinski definition) is 3. The average Bonchev–Trinajstić information content (AvgIpc) is 2.38. The highest BCUT2D eigenvalue weighted by Crippen LogP contribution is 2.27. The fraction of sp³-hybridized carbons (Fsp3) is 0.533. The third-order valence-corrected chi connectivity index (χ3v) is 4.20. The number of hydrogen-bond donors (Lipinski definition) is 1. The van der Waals surface area contributed by atoms with E-state index in [-0.39, 0.29) is 12.3 Å². The third-order valence-electron chi connectivity index (χ3n) is 3.70. The van der Waals surface area contributed by atoms with Crippen LogP contribution in [0.3, 0.4) is 0 Å². The van der Waals surface area contributed by atoms with Crippen molar-refractivity contribution in [3.63, 3.8) is 0 Å². The summed E-state index contributed by atoms with van der Waals surface area (Å²) in [5, 5.41) is 8.92. The Morgan fingerprint density at radius 2 is 2.35 bits per heavy atom. The Morgan fingerprint density at radius 3 is 3.05 bits per heavy atom. The van der Waals surface area contributed by atoms with Crippen LogP contribution in [0, 0.1) is 5.92 Å². The van der Waals surface area contributed by atoms with Gasteiger partial charge in [-0.1, -0.05) is 15.9 Å². The molecule has 1 aromatic rings. The summed E-state index contributed by atoms with van der Waals surface area (Å²) in [6.45, 7) is 2.67. The number of likely N-dealkylation sites (tertiary alicyclic amines) is 1. The summed E-state index contributed by atoms with van der Waals surface area (Å²) in [7, 11) is 1.68. The molecule has 0 aromatic heterocycles. The van der Waals surface area contributed by atoms with Crippen LogP contribution in [0.25, 0.3) is 0 Å². The topological polar surface area (TPSA) is 49.8 Å². The second kappa shape index (κ2) is 7.09. The Bertz CT molecular complexity index is 478. The quantitative estimate of drug-likeness (QED) is 0.893. The first-order chi connectivity index (χ1) is 9.58. The fourth-order valence-corrected chi connectivity index (χ4v) is 3.23. The largest absolute Gasteiger partial charge is 0.496 e. The van der Waals surface area contributed by atoms with Crippen molar-refractivity contribution in [3.05, 3.63) is 28.2 Å². The summed E-state index contributed by atoms with van der Waals surface area (Å²) in [4.78, 5) is 13.2. The number of piperidine rings is 1. The lowest BCUT2D eigenvalue weighted by Gasteiger charge is -2.32. The van der Waals surface area contributed by atoms with Gasteiger partial charge < -0.3 is 9.84 Å². The molecule has 1 atom stereocenters. The first kappa shape index (κ1) is 15.3. The van der Waals surface area contributed by atoms with Crippen LogP contribution in [0.2, 0.25) is 0 Å². The molecule has 1 aliphatic heterocycles. The minimum absolute atomic E-state index is 0.263. The molecular weight excluding hydrogens is 322 g/mol. The summed E-state index contributed by atoms with van der Waals surface area (Å²) >= 11 is 3.48. The molecule has 0 bridgehead atoms. The van der Waals surface area contributed by atoms with E-state index in [2.05, 4.69) is 26.9 Å². The SMILES string of the molecule is COc1ccc(Br)cc1CN1CCCC(CC(=O)O)C1. The Kier molecular flexibility index (Phi) is 5.43. The van der Waals surface area contributed by atoms with Gasteiger partial charge in [0.05, 0.1) is 7.11 Å². The molecule has 1 aromatic carbocycles. The molecule has 0 aliphatic carbocycles. The van der Waals surface area contributed by atoms with Crippen molar-refractivity contribution < 1.29 is 14.6 Å². The molecule has 110 valence electrons. The number of rotatable bonds is 5. The standard InChI is InChI=1S/C15H20BrNO3/c1-20-14-5-4-13(16)8-12(14)10-17-6-2-3-11(9-17)7-15(18)19/h4-5,8,11H,2-3,6-7,9-10H2,1H3,(H,18,19). The Balaban J connectivity index is 2.02. The van der Waals surface area contributed by atoms with E-state index in [1.54, 1.807) is 7.11 Å². The molecule has 4 nitrogen and oxygen atoms in total. The number of methoxy groups -OCH3 is 1. The molecule has 20 heavy (non-hydrogen) atoms. The number of carbonyl (C=O) groups is 1. The van der Waals surface area contributed by atoms with Crippen LogP contribution in [0.5, 0.6) is 5.75 Å². The van der Waals surface area contributed by atoms with Crippen LogP contribution >= 0.6 is 15.9 Å². The van der Waals surface area contributed by atoms with Crippen LogP contribution in [0.4, 0.5) is 0 Å². The summed E-state index contributed by atoms with van der Waals surface area (Å²) < 4.78 is 6.43. The molecular formula is C15H20BrNO3. The van der Waals surface area contributed by atoms with Crippen molar-refractivity contribution in [1.82, 2.24) is 4.90 Å². The zero-order chi connectivity index (χ0) is 14.5. The van der Waals surface area contributed by atoms with Crippen LogP contribution < -0.4 is 4.74 Å². The van der Waals surface area contributed by atoms with Gasteiger partial charge in [0.1, 0.15) is 5.75 Å². The Labute approximate surface area is 127 Å². The second-order valence-electron chi connectivity index (χ2n) is 5.30. The Morgan fingerprint density at radius 1 is 1.55 bits per heavy atom. The van der Waals surface area contributed by atoms with Crippen molar-refractivity contribution in [2.75, 3.05) is 20.2 Å². The maximum Gasteiger partial charge on any atom is 0.303 e. The minimum atomic E-state index is -0.697. The summed E-state index contributed by atoms with van der Waals surface area (Å²) in [6.07, 6.45) is 2.35. The molecule has 2 rings (SSSR count). The first-order valence-electron chi connectivity index (χ1n) is 6.85. The number of halogens is 1. The number of benzene rings is 1. The molecule has 1 heterocycles. The molecule has 1 fully saturated rings. The summed E-state index contributed by atoms with van der Waals surface area (Å²) in [6, 6.07) is 5.99. The van der Waals surface area contributed by atoms with Crippen molar-refractivity contribution in [2.45, 2.75) is 25.8 Å². The maximum atomic E-state index is 10.8. The number of carboxylic acid groups (broad SMARTS) is 1. The van der Waals surface area contributed by atoms with Gasteiger partial charge in [-0.3, -0.25) is 9.69 Å². The van der Waals surface area contributed by atoms with Gasteiger partial charge >= 0.3 is 5.97 Å². The van der Waals surface area contributed by atoms with Gasteiger partial charge in [-0.05, 0) is 43.5 Å². The predicted octanol–water partition coefficient (Wildman–Crippen LogP) is 3.14. The highest BCUT2D eigenvalue weighted by molar-refractivity contribution is 9.10. The third kappa shape index (κ3) is 4.21. The van der Waals surface area contributed by atoms with E-state index < -0.39 is 5.97 Å². The molecule has 0 radical (unpaired) electrons. The molecule has 1 saturated heterocycles. The van der Waals surface area contributed by atoms with Gasteiger partial charge in [0.15, 0.2) is 0 Å². The van der Waals surface area contributed by atoms with Crippen molar-refractivity contribution in [2.24, 2.45) is 5.92 Å². The van der Waals surface area contributed by atoms with E-state index >= 15 is 0 Å². The fourth-order valence-electron chi connectivity index (χ4n) is 2.82. The predicted molar refractivity (Wildman–Crippen MR) is 80.9 cm³/mol. The Hall–Kier alpha value is -1.07. The average molecular weight is 342 g/mol. The molecule has 0 saturated carbocycles. The van der Waals surface area contributed by atoms with E-state index in [0.29, 0.717) is 0 Å². The van der Waals surface area contributed by atoms with E-state index in [0.717, 1.165) is 48.3 Å². The van der Waals surface area contributed by atoms with Crippen molar-refractivity contribution in [3.8, 4) is 5.75 Å². The molecule has 1 unspecified atom stereocenters. The van der Waals surface area contributed by atoms with Gasteiger partial charge in [-0.25, -0.2) is 0 Å². The van der Waals surface area contributed by atoms with Crippen molar-refractivity contribution in [1.29, 1.82) is 0 Å². The number of carboxylic acids is 1. The molecule has 5 heteroatoms. The van der Waals surface area contributed by atoms with E-state index in [1.807, 2.05) is 12.1 Å². The van der Waals surface area contributed by atoms with E-state index in [1.165, 1.54) is 0 Å². The summed E-state index contributed by atoms with van der Waals surface area (Å²) in [5.41, 5.74) is 1.14. The highest BCUT2D eigenvalue weighted by Gasteiger charge is 2.22. The van der Waals surface area contributed by atoms with Gasteiger partial charge in [-0.2, -0.15) is 0 Å². The second-order valence-corrected chi connectivity index (χ2v) is 6.21. The number of nitrogens with zero attached hydrogens (tertiary/aromatic N) is 1. The lowest BCUT2D eigenvalue weighted by molar-refractivity contribution is -0.138. The van der Waals surface area contributed by atoms with Crippen LogP contribution in [-0.2, 0) is 11.3 Å². The zero-order valence-corrected chi connectivity index (χ0v) is 13.2. The normalized spacial score (nSPS) is 19.8. The molecule has 0 amide bonds. The monoisotopic (exact) mass is 341 g/mol. The van der Waals surface area contributed by atoms with Gasteiger partial charge in [-0.15, -0.1) is 0 Å². The number of ether oxygens (including phenoxy) is 1. The highest BCUT2D eigenvalue weighted by atomic mass is 79.9. The minimum Gasteiger partial charge on any atom is -0.496 e. The van der Waals surface area contributed by atoms with Gasteiger partial charge in [0.25, 0.3) is 0 Å². The first-order valence-corrected chi connectivity index (χ1v) is 7.64. The molecule has 1 aliphatic rings. The van der Waals surface area contributed by atoms with E-state index in [4.69, 9.17) is 9.84 Å². The van der Waals surface area contributed by atoms with Crippen LogP contribution in [0.1, 0.15) is 24.8 Å². The lowest BCUT2D eigenvalue weighted by Crippen LogP contribution is -2.35. The lowest BCUT2D eigenvalue weighted by atomic mass is 9.94. The van der Waals surface area contributed by atoms with Gasteiger partial charge in [0.2, 0.25) is 0 Å². The zero-order valence-electron chi connectivity index (χ0n) is 11.6. The van der Waals surface area contributed by atoms with E-state index in [9.17, 15) is 4.79 Å². The van der Waals surface area contributed by atoms with Crippen LogP contribution in [-0.4, -0.2) is 36.2 Å². The van der Waals surface area contributed by atoms with Crippen molar-refractivity contribution >= 4 is 21.9 Å². The molecule has 0 spiro atoms. The van der Waals surface area contributed by atoms with Crippen LogP contribution in [0.15, 0.2) is 22.7 Å².